The molecule has 6 aromatic carbocycles. The first-order valence-corrected chi connectivity index (χ1v) is 18.3. The summed E-state index contributed by atoms with van der Waals surface area (Å²) in [7, 11) is -1.89. The Balaban J connectivity index is 1.55. The van der Waals surface area contributed by atoms with Gasteiger partial charge in [0.1, 0.15) is 0 Å². The summed E-state index contributed by atoms with van der Waals surface area (Å²) >= 11 is 0. The van der Waals surface area contributed by atoms with Crippen molar-refractivity contribution in [1.29, 1.82) is 0 Å². The molecule has 0 fully saturated rings. The second-order valence-electron chi connectivity index (χ2n) is 12.3. The molecular formula is C39H35N3Si. The first-order chi connectivity index (χ1) is 20.8. The molecular weight excluding hydrogens is 539 g/mol. The maximum Gasteiger partial charge on any atom is 0.0792 e. The summed E-state index contributed by atoms with van der Waals surface area (Å²) in [5.74, 6) is 0. The van der Waals surface area contributed by atoms with Crippen LogP contribution in [-0.2, 0) is 0 Å². The van der Waals surface area contributed by atoms with E-state index in [4.69, 9.17) is 11.5 Å². The van der Waals surface area contributed by atoms with Crippen molar-refractivity contribution in [3.05, 3.63) is 133 Å². The Hall–Kier alpha value is -5.06. The van der Waals surface area contributed by atoms with Crippen molar-refractivity contribution in [1.82, 2.24) is 4.57 Å². The van der Waals surface area contributed by atoms with Crippen molar-refractivity contribution in [2.45, 2.75) is 19.6 Å². The quantitative estimate of drug-likeness (QED) is 0.159. The summed E-state index contributed by atoms with van der Waals surface area (Å²) < 4.78 is 2.36. The molecule has 0 spiro atoms. The van der Waals surface area contributed by atoms with Gasteiger partial charge < -0.3 is 16.0 Å². The number of nitrogens with zero attached hydrogens (tertiary/aromatic N) is 1. The van der Waals surface area contributed by atoms with Gasteiger partial charge in [-0.25, -0.2) is 0 Å². The fraction of sp³-hybridized carbons (Fsp3) is 0.0769. The number of para-hydroxylation sites is 4. The molecule has 0 aliphatic rings. The van der Waals surface area contributed by atoms with Gasteiger partial charge in [-0.15, -0.1) is 0 Å². The molecule has 1 heterocycles. The predicted molar refractivity (Wildman–Crippen MR) is 189 cm³/mol. The molecule has 0 radical (unpaired) electrons. The van der Waals surface area contributed by atoms with Crippen LogP contribution in [0.25, 0.3) is 60.9 Å². The van der Waals surface area contributed by atoms with Gasteiger partial charge in [0.25, 0.3) is 0 Å². The highest BCUT2D eigenvalue weighted by Crippen LogP contribution is 2.39. The van der Waals surface area contributed by atoms with Crippen molar-refractivity contribution in [3.8, 4) is 39.1 Å². The summed E-state index contributed by atoms with van der Waals surface area (Å²) in [5.41, 5.74) is 25.3. The number of benzene rings is 6. The van der Waals surface area contributed by atoms with Gasteiger partial charge in [0.15, 0.2) is 0 Å². The molecule has 4 heteroatoms. The smallest absolute Gasteiger partial charge is 0.0792 e. The van der Waals surface area contributed by atoms with E-state index in [0.717, 1.165) is 39.3 Å². The minimum absolute atomic E-state index is 0.785. The van der Waals surface area contributed by atoms with Gasteiger partial charge in [-0.1, -0.05) is 98.5 Å². The Labute approximate surface area is 254 Å². The lowest BCUT2D eigenvalue weighted by Gasteiger charge is -2.28. The number of fused-ring (bicyclic) bond motifs is 3. The number of rotatable bonds is 5. The van der Waals surface area contributed by atoms with Gasteiger partial charge >= 0.3 is 0 Å². The maximum absolute atomic E-state index is 6.65. The average Bonchev–Trinajstić information content (AvgIpc) is 3.34. The number of hydrogen-bond acceptors (Lipinski definition) is 2. The lowest BCUT2D eigenvalue weighted by Crippen LogP contribution is -2.40. The van der Waals surface area contributed by atoms with E-state index in [-0.39, 0.29) is 0 Å². The molecule has 0 amide bonds. The molecule has 3 nitrogen and oxygen atoms in total. The Morgan fingerprint density at radius 2 is 1.00 bits per heavy atom. The van der Waals surface area contributed by atoms with Crippen LogP contribution in [0.4, 0.5) is 11.4 Å². The van der Waals surface area contributed by atoms with E-state index in [1.165, 1.54) is 38.1 Å². The molecule has 0 saturated heterocycles. The van der Waals surface area contributed by atoms with Crippen LogP contribution in [-0.4, -0.2) is 12.6 Å². The number of anilines is 2. The zero-order chi connectivity index (χ0) is 29.7. The van der Waals surface area contributed by atoms with Crippen LogP contribution in [0, 0.1) is 0 Å². The van der Waals surface area contributed by atoms with Crippen LogP contribution >= 0.6 is 0 Å². The second-order valence-corrected chi connectivity index (χ2v) is 17.3. The highest BCUT2D eigenvalue weighted by atomic mass is 28.3. The summed E-state index contributed by atoms with van der Waals surface area (Å²) in [5, 5.41) is 3.84. The SMILES string of the molecule is C[Si](C)(C)c1c(-c2ccccc2N)cc(-c2ccc3c(c2)c2ccccc2n3-c2ccccc2)cc1-c1ccccc1N. The lowest BCUT2D eigenvalue weighted by molar-refractivity contribution is 1.18. The Morgan fingerprint density at radius 3 is 1.60 bits per heavy atom. The molecule has 0 saturated carbocycles. The Kier molecular flexibility index (Phi) is 6.44. The molecule has 1 aromatic heterocycles. The summed E-state index contributed by atoms with van der Waals surface area (Å²) in [6.45, 7) is 7.20. The standard InChI is InChI=1S/C39H35N3Si/c1-43(2,3)39-33(29-15-7-10-18-35(29)40)24-27(25-34(39)30-16-8-11-19-36(30)41)26-21-22-38-32(23-26)31-17-9-12-20-37(31)42(38)28-13-5-4-6-14-28/h4-25H,40-41H2,1-3H3. The molecule has 4 N–H and O–H groups in total. The molecule has 0 atom stereocenters. The number of aromatic nitrogens is 1. The lowest BCUT2D eigenvalue weighted by atomic mass is 9.91. The third-order valence-electron chi connectivity index (χ3n) is 8.41. The van der Waals surface area contributed by atoms with Gasteiger partial charge in [0, 0.05) is 39.0 Å². The van der Waals surface area contributed by atoms with Gasteiger partial charge in [-0.05, 0) is 82.0 Å². The van der Waals surface area contributed by atoms with Crippen molar-refractivity contribution in [2.75, 3.05) is 11.5 Å². The second kappa shape index (κ2) is 10.3. The predicted octanol–water partition coefficient (Wildman–Crippen LogP) is 9.49. The number of hydrogen-bond donors (Lipinski definition) is 2. The van der Waals surface area contributed by atoms with E-state index in [9.17, 15) is 0 Å². The summed E-state index contributed by atoms with van der Waals surface area (Å²) in [4.78, 5) is 0. The third kappa shape index (κ3) is 4.61. The minimum Gasteiger partial charge on any atom is -0.398 e. The minimum atomic E-state index is -1.89. The van der Waals surface area contributed by atoms with Crippen LogP contribution in [0.5, 0.6) is 0 Å². The largest absolute Gasteiger partial charge is 0.398 e. The highest BCUT2D eigenvalue weighted by molar-refractivity contribution is 6.90. The number of nitrogen functional groups attached to an aromatic ring is 2. The summed E-state index contributed by atoms with van der Waals surface area (Å²) in [6.07, 6.45) is 0. The fourth-order valence-electron chi connectivity index (χ4n) is 6.53. The zero-order valence-electron chi connectivity index (χ0n) is 24.8. The monoisotopic (exact) mass is 573 g/mol. The number of nitrogens with two attached hydrogens (primary N) is 2. The van der Waals surface area contributed by atoms with E-state index in [1.807, 2.05) is 24.3 Å². The molecule has 43 heavy (non-hydrogen) atoms. The van der Waals surface area contributed by atoms with E-state index < -0.39 is 8.07 Å². The van der Waals surface area contributed by atoms with Crippen molar-refractivity contribution < 1.29 is 0 Å². The molecule has 0 bridgehead atoms. The Bertz CT molecular complexity index is 2070. The van der Waals surface area contributed by atoms with Gasteiger partial charge in [0.05, 0.1) is 19.1 Å². The first kappa shape index (κ1) is 26.8. The van der Waals surface area contributed by atoms with Crippen LogP contribution in [0.3, 0.4) is 0 Å². The van der Waals surface area contributed by atoms with Crippen molar-refractivity contribution in [3.63, 3.8) is 0 Å². The van der Waals surface area contributed by atoms with Gasteiger partial charge in [0.2, 0.25) is 0 Å². The molecule has 0 aliphatic heterocycles. The van der Waals surface area contributed by atoms with Crippen LogP contribution in [0.2, 0.25) is 19.6 Å². The zero-order valence-corrected chi connectivity index (χ0v) is 25.8. The molecule has 210 valence electrons. The fourth-order valence-corrected chi connectivity index (χ4v) is 8.56. The maximum atomic E-state index is 6.65. The van der Waals surface area contributed by atoms with Crippen molar-refractivity contribution in [2.24, 2.45) is 0 Å². The topological polar surface area (TPSA) is 57.0 Å². The van der Waals surface area contributed by atoms with Gasteiger partial charge in [-0.3, -0.25) is 0 Å². The Morgan fingerprint density at radius 1 is 0.465 bits per heavy atom. The molecule has 0 unspecified atom stereocenters. The van der Waals surface area contributed by atoms with Crippen LogP contribution in [0.15, 0.2) is 133 Å². The van der Waals surface area contributed by atoms with E-state index >= 15 is 0 Å². The van der Waals surface area contributed by atoms with Crippen molar-refractivity contribution >= 4 is 46.4 Å². The summed E-state index contributed by atoms with van der Waals surface area (Å²) in [6, 6.07) is 47.3. The van der Waals surface area contributed by atoms with Crippen LogP contribution in [0.1, 0.15) is 0 Å². The molecule has 0 aliphatic carbocycles. The highest BCUT2D eigenvalue weighted by Gasteiger charge is 2.28. The first-order valence-electron chi connectivity index (χ1n) is 14.8. The van der Waals surface area contributed by atoms with E-state index in [1.54, 1.807) is 0 Å². The average molecular weight is 574 g/mol. The van der Waals surface area contributed by atoms with E-state index in [2.05, 4.69) is 133 Å². The van der Waals surface area contributed by atoms with Crippen LogP contribution < -0.4 is 16.7 Å². The molecule has 7 rings (SSSR count). The third-order valence-corrected chi connectivity index (χ3v) is 10.4. The molecule has 7 aromatic rings. The van der Waals surface area contributed by atoms with Gasteiger partial charge in [-0.2, -0.15) is 0 Å². The van der Waals surface area contributed by atoms with E-state index in [0.29, 0.717) is 0 Å². The normalized spacial score (nSPS) is 11.8.